The summed E-state index contributed by atoms with van der Waals surface area (Å²) < 4.78 is 5.51. The van der Waals surface area contributed by atoms with Crippen molar-refractivity contribution in [3.05, 3.63) is 5.89 Å². The van der Waals surface area contributed by atoms with E-state index in [2.05, 4.69) is 25.7 Å². The SMILES string of the molecule is CNCc1nnc(NCC2CCN(C3CCCC3)CC2)o1. The molecule has 1 aromatic rings. The molecule has 1 aromatic heterocycles. The van der Waals surface area contributed by atoms with E-state index in [4.69, 9.17) is 4.42 Å². The van der Waals surface area contributed by atoms with Gasteiger partial charge in [-0.1, -0.05) is 17.9 Å². The predicted molar refractivity (Wildman–Crippen MR) is 82.1 cm³/mol. The zero-order chi connectivity index (χ0) is 14.5. The minimum atomic E-state index is 0.554. The molecular weight excluding hydrogens is 266 g/mol. The lowest BCUT2D eigenvalue weighted by Crippen LogP contribution is -2.41. The third-order valence-electron chi connectivity index (χ3n) is 4.83. The fraction of sp³-hybridized carbons (Fsp3) is 0.867. The lowest BCUT2D eigenvalue weighted by molar-refractivity contribution is 0.138. The molecule has 118 valence electrons. The summed E-state index contributed by atoms with van der Waals surface area (Å²) in [6.07, 6.45) is 8.25. The minimum absolute atomic E-state index is 0.554. The average Bonchev–Trinajstić information content (AvgIpc) is 3.18. The summed E-state index contributed by atoms with van der Waals surface area (Å²) in [5, 5.41) is 14.3. The maximum absolute atomic E-state index is 5.51. The Morgan fingerprint density at radius 3 is 2.62 bits per heavy atom. The van der Waals surface area contributed by atoms with Crippen LogP contribution in [0.1, 0.15) is 44.4 Å². The summed E-state index contributed by atoms with van der Waals surface area (Å²) in [7, 11) is 1.87. The van der Waals surface area contributed by atoms with E-state index in [-0.39, 0.29) is 0 Å². The van der Waals surface area contributed by atoms with Crippen molar-refractivity contribution in [3.63, 3.8) is 0 Å². The molecule has 0 radical (unpaired) electrons. The summed E-state index contributed by atoms with van der Waals surface area (Å²) in [6.45, 7) is 4.08. The molecule has 1 saturated heterocycles. The Balaban J connectivity index is 1.38. The standard InChI is InChI=1S/C15H27N5O/c1-16-11-14-18-19-15(21-14)17-10-12-6-8-20(9-7-12)13-4-2-3-5-13/h12-13,16H,2-11H2,1H3,(H,17,19). The van der Waals surface area contributed by atoms with Gasteiger partial charge in [0.2, 0.25) is 5.89 Å². The molecule has 0 aromatic carbocycles. The van der Waals surface area contributed by atoms with Crippen molar-refractivity contribution >= 4 is 6.01 Å². The van der Waals surface area contributed by atoms with E-state index in [9.17, 15) is 0 Å². The van der Waals surface area contributed by atoms with Gasteiger partial charge in [0.25, 0.3) is 0 Å². The van der Waals surface area contributed by atoms with Crippen LogP contribution in [0.3, 0.4) is 0 Å². The Labute approximate surface area is 126 Å². The second-order valence-electron chi connectivity index (χ2n) is 6.33. The summed E-state index contributed by atoms with van der Waals surface area (Å²) in [5.74, 6) is 1.36. The number of hydrogen-bond acceptors (Lipinski definition) is 6. The zero-order valence-corrected chi connectivity index (χ0v) is 13.0. The Hall–Kier alpha value is -1.14. The van der Waals surface area contributed by atoms with Gasteiger partial charge in [0, 0.05) is 12.6 Å². The van der Waals surface area contributed by atoms with Crippen LogP contribution in [0.5, 0.6) is 0 Å². The molecule has 0 spiro atoms. The van der Waals surface area contributed by atoms with E-state index >= 15 is 0 Å². The van der Waals surface area contributed by atoms with Crippen molar-refractivity contribution in [2.45, 2.75) is 51.1 Å². The van der Waals surface area contributed by atoms with E-state index in [0.29, 0.717) is 18.5 Å². The Bertz CT molecular complexity index is 421. The lowest BCUT2D eigenvalue weighted by atomic mass is 9.95. The van der Waals surface area contributed by atoms with Crippen LogP contribution in [0.4, 0.5) is 6.01 Å². The fourth-order valence-electron chi connectivity index (χ4n) is 3.57. The van der Waals surface area contributed by atoms with Crippen molar-refractivity contribution < 1.29 is 4.42 Å². The highest BCUT2D eigenvalue weighted by Gasteiger charge is 2.27. The van der Waals surface area contributed by atoms with Crippen LogP contribution in [-0.2, 0) is 6.54 Å². The summed E-state index contributed by atoms with van der Waals surface area (Å²) in [6, 6.07) is 1.43. The molecule has 0 bridgehead atoms. The third-order valence-corrected chi connectivity index (χ3v) is 4.83. The Morgan fingerprint density at radius 1 is 1.14 bits per heavy atom. The van der Waals surface area contributed by atoms with Crippen molar-refractivity contribution in [1.82, 2.24) is 20.4 Å². The molecule has 1 saturated carbocycles. The van der Waals surface area contributed by atoms with Crippen LogP contribution in [0.25, 0.3) is 0 Å². The highest BCUT2D eigenvalue weighted by molar-refractivity contribution is 5.16. The molecular formula is C15H27N5O. The molecule has 3 rings (SSSR count). The maximum Gasteiger partial charge on any atom is 0.315 e. The van der Waals surface area contributed by atoms with E-state index in [1.807, 2.05) is 7.05 Å². The molecule has 2 heterocycles. The number of likely N-dealkylation sites (tertiary alicyclic amines) is 1. The van der Waals surface area contributed by atoms with Gasteiger partial charge >= 0.3 is 6.01 Å². The van der Waals surface area contributed by atoms with Gasteiger partial charge < -0.3 is 20.0 Å². The first kappa shape index (κ1) is 14.8. The minimum Gasteiger partial charge on any atom is -0.407 e. The smallest absolute Gasteiger partial charge is 0.315 e. The monoisotopic (exact) mass is 293 g/mol. The fourth-order valence-corrected chi connectivity index (χ4v) is 3.57. The normalized spacial score (nSPS) is 22.0. The lowest BCUT2D eigenvalue weighted by Gasteiger charge is -2.35. The maximum atomic E-state index is 5.51. The van der Waals surface area contributed by atoms with Gasteiger partial charge in [0.1, 0.15) is 0 Å². The molecule has 2 aliphatic rings. The first-order valence-corrected chi connectivity index (χ1v) is 8.30. The summed E-state index contributed by atoms with van der Waals surface area (Å²) in [4.78, 5) is 2.71. The van der Waals surface area contributed by atoms with Crippen molar-refractivity contribution in [2.24, 2.45) is 5.92 Å². The number of hydrogen-bond donors (Lipinski definition) is 2. The highest BCUT2D eigenvalue weighted by Crippen LogP contribution is 2.27. The van der Waals surface area contributed by atoms with Gasteiger partial charge in [-0.3, -0.25) is 0 Å². The molecule has 1 aliphatic carbocycles. The largest absolute Gasteiger partial charge is 0.407 e. The number of nitrogens with zero attached hydrogens (tertiary/aromatic N) is 3. The average molecular weight is 293 g/mol. The molecule has 2 fully saturated rings. The van der Waals surface area contributed by atoms with Gasteiger partial charge in [-0.15, -0.1) is 5.10 Å². The number of aromatic nitrogens is 2. The second-order valence-corrected chi connectivity index (χ2v) is 6.33. The molecule has 21 heavy (non-hydrogen) atoms. The van der Waals surface area contributed by atoms with Crippen LogP contribution < -0.4 is 10.6 Å². The van der Waals surface area contributed by atoms with Crippen LogP contribution in [0, 0.1) is 5.92 Å². The number of anilines is 1. The van der Waals surface area contributed by atoms with Gasteiger partial charge in [-0.2, -0.15) is 0 Å². The van der Waals surface area contributed by atoms with E-state index in [1.54, 1.807) is 0 Å². The van der Waals surface area contributed by atoms with Crippen LogP contribution in [-0.4, -0.2) is 47.8 Å². The molecule has 0 unspecified atom stereocenters. The Morgan fingerprint density at radius 2 is 1.90 bits per heavy atom. The van der Waals surface area contributed by atoms with Gasteiger partial charge in [0.05, 0.1) is 6.54 Å². The molecule has 6 heteroatoms. The molecule has 2 N–H and O–H groups in total. The number of rotatable bonds is 6. The molecule has 6 nitrogen and oxygen atoms in total. The summed E-state index contributed by atoms with van der Waals surface area (Å²) in [5.41, 5.74) is 0. The van der Waals surface area contributed by atoms with Crippen LogP contribution >= 0.6 is 0 Å². The number of piperidine rings is 1. The number of nitrogens with one attached hydrogen (secondary N) is 2. The molecule has 0 atom stereocenters. The predicted octanol–water partition coefficient (Wildman–Crippen LogP) is 1.86. The van der Waals surface area contributed by atoms with E-state index < -0.39 is 0 Å². The van der Waals surface area contributed by atoms with Gasteiger partial charge in [0.15, 0.2) is 0 Å². The highest BCUT2D eigenvalue weighted by atomic mass is 16.4. The quantitative estimate of drug-likeness (QED) is 0.834. The zero-order valence-electron chi connectivity index (χ0n) is 13.0. The third kappa shape index (κ3) is 3.95. The Kier molecular flexibility index (Phi) is 5.08. The molecule has 1 aliphatic heterocycles. The van der Waals surface area contributed by atoms with Crippen molar-refractivity contribution in [3.8, 4) is 0 Å². The van der Waals surface area contributed by atoms with Crippen LogP contribution in [0.2, 0.25) is 0 Å². The first-order chi connectivity index (χ1) is 10.3. The van der Waals surface area contributed by atoms with Crippen LogP contribution in [0.15, 0.2) is 4.42 Å². The van der Waals surface area contributed by atoms with E-state index in [0.717, 1.165) is 18.5 Å². The van der Waals surface area contributed by atoms with Crippen molar-refractivity contribution in [1.29, 1.82) is 0 Å². The van der Waals surface area contributed by atoms with Gasteiger partial charge in [-0.25, -0.2) is 0 Å². The summed E-state index contributed by atoms with van der Waals surface area (Å²) >= 11 is 0. The van der Waals surface area contributed by atoms with Crippen molar-refractivity contribution in [2.75, 3.05) is 32.0 Å². The topological polar surface area (TPSA) is 66.2 Å². The first-order valence-electron chi connectivity index (χ1n) is 8.30. The van der Waals surface area contributed by atoms with Gasteiger partial charge in [-0.05, 0) is 51.7 Å². The molecule has 0 amide bonds. The van der Waals surface area contributed by atoms with E-state index in [1.165, 1.54) is 51.6 Å². The second kappa shape index (κ2) is 7.22.